The molecule has 1 saturated carbocycles. The molecule has 2 aliphatic rings. The molecule has 4 rings (SSSR count). The predicted octanol–water partition coefficient (Wildman–Crippen LogP) is 2.81. The summed E-state index contributed by atoms with van der Waals surface area (Å²) in [6, 6.07) is 4.25. The van der Waals surface area contributed by atoms with Crippen LogP contribution in [0.1, 0.15) is 19.3 Å². The summed E-state index contributed by atoms with van der Waals surface area (Å²) in [6.45, 7) is 0.861. The van der Waals surface area contributed by atoms with Crippen LogP contribution in [0.5, 0.6) is 0 Å². The Labute approximate surface area is 105 Å². The molecule has 4 nitrogen and oxygen atoms in total. The van der Waals surface area contributed by atoms with E-state index in [1.54, 1.807) is 12.5 Å². The average molecular weight is 244 g/mol. The van der Waals surface area contributed by atoms with Gasteiger partial charge in [0.05, 0.1) is 23.8 Å². The average Bonchev–Trinajstić information content (AvgIpc) is 2.93. The molecule has 2 aromatic heterocycles. The maximum atomic E-state index is 5.84. The van der Waals surface area contributed by atoms with Crippen molar-refractivity contribution in [3.05, 3.63) is 24.6 Å². The van der Waals surface area contributed by atoms with Crippen molar-refractivity contribution in [2.45, 2.75) is 31.4 Å². The van der Waals surface area contributed by atoms with E-state index in [0.717, 1.165) is 35.7 Å². The van der Waals surface area contributed by atoms with Crippen LogP contribution < -0.4 is 5.32 Å². The maximum Gasteiger partial charge on any atom is 0.139 e. The topological polar surface area (TPSA) is 47.3 Å². The summed E-state index contributed by atoms with van der Waals surface area (Å²) in [5.41, 5.74) is 0.884. The van der Waals surface area contributed by atoms with Gasteiger partial charge >= 0.3 is 0 Å². The third-order valence-electron chi connectivity index (χ3n) is 3.92. The van der Waals surface area contributed by atoms with Crippen LogP contribution in [0, 0.1) is 5.92 Å². The summed E-state index contributed by atoms with van der Waals surface area (Å²) >= 11 is 0. The standard InChI is InChI=1S/C14H16N2O2/c1-2-9(1)13-11(5-8-18-13)16-14-10-4-7-17-12(10)3-6-15-14/h3-4,6-7,9,11,13H,1-2,5,8H2,(H,15,16). The fourth-order valence-corrected chi connectivity index (χ4v) is 2.84. The van der Waals surface area contributed by atoms with Gasteiger partial charge in [-0.2, -0.15) is 0 Å². The maximum absolute atomic E-state index is 5.84. The Balaban J connectivity index is 1.61. The van der Waals surface area contributed by atoms with Gasteiger partial charge in [-0.25, -0.2) is 4.98 Å². The van der Waals surface area contributed by atoms with Gasteiger partial charge in [-0.15, -0.1) is 0 Å². The zero-order valence-electron chi connectivity index (χ0n) is 10.1. The van der Waals surface area contributed by atoms with Crippen LogP contribution in [0.3, 0.4) is 0 Å². The molecule has 3 heterocycles. The highest BCUT2D eigenvalue weighted by atomic mass is 16.5. The summed E-state index contributed by atoms with van der Waals surface area (Å²) in [6.07, 6.45) is 7.56. The normalized spacial score (nSPS) is 27.8. The van der Waals surface area contributed by atoms with E-state index in [4.69, 9.17) is 9.15 Å². The van der Waals surface area contributed by atoms with E-state index in [-0.39, 0.29) is 0 Å². The second-order valence-corrected chi connectivity index (χ2v) is 5.20. The minimum Gasteiger partial charge on any atom is -0.464 e. The third kappa shape index (κ3) is 1.68. The van der Waals surface area contributed by atoms with Crippen molar-refractivity contribution in [1.82, 2.24) is 4.98 Å². The van der Waals surface area contributed by atoms with Gasteiger partial charge in [0.25, 0.3) is 0 Å². The lowest BCUT2D eigenvalue weighted by atomic mass is 10.1. The Bertz CT molecular complexity index is 562. The van der Waals surface area contributed by atoms with Gasteiger partial charge in [-0.3, -0.25) is 0 Å². The molecule has 0 aromatic carbocycles. The van der Waals surface area contributed by atoms with Crippen LogP contribution in [-0.4, -0.2) is 23.7 Å². The van der Waals surface area contributed by atoms with Crippen molar-refractivity contribution in [3.63, 3.8) is 0 Å². The molecule has 0 radical (unpaired) electrons. The van der Waals surface area contributed by atoms with Crippen molar-refractivity contribution in [2.75, 3.05) is 11.9 Å². The first-order chi connectivity index (χ1) is 8.92. The van der Waals surface area contributed by atoms with E-state index in [0.29, 0.717) is 12.1 Å². The summed E-state index contributed by atoms with van der Waals surface area (Å²) in [5.74, 6) is 1.68. The Kier molecular flexibility index (Phi) is 2.30. The van der Waals surface area contributed by atoms with Crippen molar-refractivity contribution in [2.24, 2.45) is 5.92 Å². The molecule has 1 aliphatic carbocycles. The Morgan fingerprint density at radius 1 is 1.22 bits per heavy atom. The lowest BCUT2D eigenvalue weighted by Gasteiger charge is -2.20. The molecule has 1 N–H and O–H groups in total. The Morgan fingerprint density at radius 2 is 2.17 bits per heavy atom. The quantitative estimate of drug-likeness (QED) is 0.901. The third-order valence-corrected chi connectivity index (χ3v) is 3.92. The molecule has 94 valence electrons. The van der Waals surface area contributed by atoms with Crippen LogP contribution in [0.25, 0.3) is 11.0 Å². The van der Waals surface area contributed by atoms with E-state index in [2.05, 4.69) is 10.3 Å². The molecule has 0 bridgehead atoms. The number of pyridine rings is 1. The number of furan rings is 1. The minimum absolute atomic E-state index is 0.369. The molecular formula is C14H16N2O2. The van der Waals surface area contributed by atoms with Gasteiger partial charge in [0, 0.05) is 12.8 Å². The number of fused-ring (bicyclic) bond motifs is 1. The fraction of sp³-hybridized carbons (Fsp3) is 0.500. The molecule has 2 fully saturated rings. The lowest BCUT2D eigenvalue weighted by molar-refractivity contribution is 0.0898. The molecule has 4 heteroatoms. The highest BCUT2D eigenvalue weighted by molar-refractivity contribution is 5.87. The van der Waals surface area contributed by atoms with Crippen molar-refractivity contribution in [3.8, 4) is 0 Å². The fourth-order valence-electron chi connectivity index (χ4n) is 2.84. The molecule has 18 heavy (non-hydrogen) atoms. The second-order valence-electron chi connectivity index (χ2n) is 5.20. The zero-order chi connectivity index (χ0) is 11.9. The van der Waals surface area contributed by atoms with Crippen LogP contribution in [0.4, 0.5) is 5.82 Å². The van der Waals surface area contributed by atoms with Crippen LogP contribution >= 0.6 is 0 Å². The summed E-state index contributed by atoms with van der Waals surface area (Å²) in [4.78, 5) is 4.43. The number of rotatable bonds is 3. The molecule has 1 saturated heterocycles. The molecule has 2 atom stereocenters. The Morgan fingerprint density at radius 3 is 3.06 bits per heavy atom. The Hall–Kier alpha value is -1.55. The molecular weight excluding hydrogens is 228 g/mol. The van der Waals surface area contributed by atoms with Gasteiger partial charge in [0.2, 0.25) is 0 Å². The molecule has 2 unspecified atom stereocenters. The van der Waals surface area contributed by atoms with Gasteiger partial charge in [0.1, 0.15) is 11.4 Å². The van der Waals surface area contributed by atoms with Gasteiger partial charge in [-0.1, -0.05) is 0 Å². The number of anilines is 1. The first-order valence-corrected chi connectivity index (χ1v) is 6.62. The first kappa shape index (κ1) is 10.4. The predicted molar refractivity (Wildman–Crippen MR) is 68.5 cm³/mol. The number of hydrogen-bond acceptors (Lipinski definition) is 4. The van der Waals surface area contributed by atoms with E-state index >= 15 is 0 Å². The number of ether oxygens (including phenoxy) is 1. The minimum atomic E-state index is 0.369. The number of nitrogens with one attached hydrogen (secondary N) is 1. The zero-order valence-corrected chi connectivity index (χ0v) is 10.1. The van der Waals surface area contributed by atoms with E-state index in [9.17, 15) is 0 Å². The van der Waals surface area contributed by atoms with Crippen LogP contribution in [-0.2, 0) is 4.74 Å². The summed E-state index contributed by atoms with van der Waals surface area (Å²) < 4.78 is 11.2. The van der Waals surface area contributed by atoms with Crippen LogP contribution in [0.15, 0.2) is 29.0 Å². The molecule has 0 spiro atoms. The number of nitrogens with zero attached hydrogens (tertiary/aromatic N) is 1. The second kappa shape index (κ2) is 3.99. The highest BCUT2D eigenvalue weighted by Crippen LogP contribution is 2.39. The van der Waals surface area contributed by atoms with Gasteiger partial charge < -0.3 is 14.5 Å². The molecule has 0 amide bonds. The van der Waals surface area contributed by atoms with Crippen molar-refractivity contribution in [1.29, 1.82) is 0 Å². The van der Waals surface area contributed by atoms with Gasteiger partial charge in [0.15, 0.2) is 0 Å². The number of hydrogen-bond donors (Lipinski definition) is 1. The summed E-state index contributed by atoms with van der Waals surface area (Å²) in [5, 5.41) is 4.60. The number of aromatic nitrogens is 1. The summed E-state index contributed by atoms with van der Waals surface area (Å²) in [7, 11) is 0. The van der Waals surface area contributed by atoms with E-state index in [1.807, 2.05) is 12.1 Å². The first-order valence-electron chi connectivity index (χ1n) is 6.62. The smallest absolute Gasteiger partial charge is 0.139 e. The van der Waals surface area contributed by atoms with Crippen molar-refractivity contribution >= 4 is 16.8 Å². The molecule has 2 aromatic rings. The largest absolute Gasteiger partial charge is 0.464 e. The molecule has 1 aliphatic heterocycles. The van der Waals surface area contributed by atoms with Crippen LogP contribution in [0.2, 0.25) is 0 Å². The van der Waals surface area contributed by atoms with E-state index < -0.39 is 0 Å². The van der Waals surface area contributed by atoms with Crippen molar-refractivity contribution < 1.29 is 9.15 Å². The highest BCUT2D eigenvalue weighted by Gasteiger charge is 2.40. The lowest BCUT2D eigenvalue weighted by Crippen LogP contribution is -2.31. The van der Waals surface area contributed by atoms with E-state index in [1.165, 1.54) is 12.8 Å². The monoisotopic (exact) mass is 244 g/mol. The van der Waals surface area contributed by atoms with Gasteiger partial charge in [-0.05, 0) is 37.3 Å². The SMILES string of the molecule is c1cc2occc2c(NC2CCOC2C2CC2)n1.